The van der Waals surface area contributed by atoms with Crippen LogP contribution in [0.1, 0.15) is 77.6 Å². The Hall–Kier alpha value is -14.0. The third-order valence-electron chi connectivity index (χ3n) is 22.5. The van der Waals surface area contributed by atoms with Crippen LogP contribution in [-0.2, 0) is 0 Å². The van der Waals surface area contributed by atoms with Crippen molar-refractivity contribution < 1.29 is 17.7 Å². The van der Waals surface area contributed by atoms with Crippen molar-refractivity contribution in [1.29, 1.82) is 0 Å². The van der Waals surface area contributed by atoms with E-state index in [4.69, 9.17) is 27.6 Å². The zero-order valence-corrected chi connectivity index (χ0v) is 65.4. The molecule has 16 heterocycles. The third-order valence-corrected chi connectivity index (χ3v) is 22.5. The van der Waals surface area contributed by atoms with Gasteiger partial charge in [-0.05, 0) is 215 Å². The molecule has 0 saturated carbocycles. The van der Waals surface area contributed by atoms with Crippen LogP contribution < -0.4 is 39.2 Å². The second kappa shape index (κ2) is 28.1. The number of hydrogen-bond acceptors (Lipinski definition) is 21. The summed E-state index contributed by atoms with van der Waals surface area (Å²) >= 11 is 0. The fourth-order valence-corrected chi connectivity index (χ4v) is 17.6. The van der Waals surface area contributed by atoms with Gasteiger partial charge in [0.2, 0.25) is 22.9 Å². The van der Waals surface area contributed by atoms with Crippen LogP contribution in [-0.4, -0.2) is 81.6 Å². The van der Waals surface area contributed by atoms with Gasteiger partial charge in [0.1, 0.15) is 24.7 Å². The zero-order valence-electron chi connectivity index (χ0n) is 65.4. The Morgan fingerprint density at radius 1 is 0.246 bits per heavy atom. The van der Waals surface area contributed by atoms with Crippen LogP contribution in [0.4, 0.5) is 80.3 Å². The maximum atomic E-state index is 6.29. The van der Waals surface area contributed by atoms with E-state index in [0.717, 1.165) is 162 Å². The topological polar surface area (TPSA) is 194 Å². The van der Waals surface area contributed by atoms with Crippen molar-refractivity contribution in [3.63, 3.8) is 0 Å². The lowest BCUT2D eigenvalue weighted by Gasteiger charge is -2.33. The summed E-state index contributed by atoms with van der Waals surface area (Å²) in [5, 5.41) is 8.46. The number of furan rings is 4. The lowest BCUT2D eigenvalue weighted by molar-refractivity contribution is 0.597. The average Bonchev–Trinajstić information content (AvgIpc) is 1.59. The molecule has 0 amide bonds. The zero-order chi connectivity index (χ0) is 77.9. The predicted molar refractivity (Wildman–Crippen MR) is 459 cm³/mol. The number of pyridine rings is 7. The van der Waals surface area contributed by atoms with Crippen molar-refractivity contribution in [3.8, 4) is 0 Å². The smallest absolute Gasteiger partial charge is 0.227 e. The highest BCUT2D eigenvalue weighted by molar-refractivity contribution is 6.14. The second-order valence-corrected chi connectivity index (χ2v) is 29.9. The van der Waals surface area contributed by atoms with E-state index >= 15 is 0 Å². The van der Waals surface area contributed by atoms with Gasteiger partial charge < -0.3 is 47.1 Å². The van der Waals surface area contributed by atoms with Gasteiger partial charge in [-0.1, -0.05) is 84.9 Å². The lowest BCUT2D eigenvalue weighted by atomic mass is 10.1. The molecule has 0 fully saturated rings. The normalized spacial score (nSPS) is 16.3. The van der Waals surface area contributed by atoms with Gasteiger partial charge in [-0.2, -0.15) is 0 Å². The van der Waals surface area contributed by atoms with E-state index in [-0.39, 0.29) is 24.7 Å². The molecule has 0 aliphatic carbocycles. The van der Waals surface area contributed by atoms with Crippen molar-refractivity contribution in [1.82, 2.24) is 44.9 Å². The molecule has 22 rings (SSSR count). The van der Waals surface area contributed by atoms with Gasteiger partial charge in [0, 0.05) is 122 Å². The Kier molecular flexibility index (Phi) is 17.4. The van der Waals surface area contributed by atoms with Gasteiger partial charge in [-0.15, -0.1) is 0 Å². The van der Waals surface area contributed by atoms with E-state index in [2.05, 4.69) is 297 Å². The summed E-state index contributed by atoms with van der Waals surface area (Å²) in [7, 11) is 0. The third kappa shape index (κ3) is 11.3. The van der Waals surface area contributed by atoms with E-state index in [1.165, 1.54) is 5.56 Å². The van der Waals surface area contributed by atoms with Crippen molar-refractivity contribution in [3.05, 3.63) is 272 Å². The van der Waals surface area contributed by atoms with E-state index in [1.807, 2.05) is 73.2 Å². The molecule has 21 heteroatoms. The molecule has 564 valence electrons. The molecule has 0 radical (unpaired) electrons. The highest BCUT2D eigenvalue weighted by Crippen LogP contribution is 2.54. The quantitative estimate of drug-likeness (QED) is 0.139. The first kappa shape index (κ1) is 70.4. The van der Waals surface area contributed by atoms with Crippen molar-refractivity contribution in [2.45, 2.75) is 120 Å². The Labute approximate surface area is 658 Å². The van der Waals surface area contributed by atoms with E-state index in [1.54, 1.807) is 37.2 Å². The van der Waals surface area contributed by atoms with Gasteiger partial charge in [0.05, 0.1) is 39.8 Å². The molecule has 6 aromatic carbocycles. The Bertz CT molecular complexity index is 6320. The number of aryl methyl sites for hydroxylation is 4. The number of nitrogens with zero attached hydrogens (tertiary/aromatic N) is 17. The molecule has 114 heavy (non-hydrogen) atoms. The largest absolute Gasteiger partial charge is 0.435 e. The monoisotopic (exact) mass is 1500 g/mol. The molecule has 21 nitrogen and oxygen atoms in total. The SMILES string of the molecule is Cc1ccc2c(oc3ncccc32)c1N1c2cccnc2N(C(C)C)C1C.Cc1ccc2c(oc3ncccc32)c1N1c2cccnc2N(c2ccccc2)C1C.Cc1ccc2c(oc3ncccc32)c1N1c2ncccc2N(c2ccccc2)C1C.Cc1ccc2c(oc3ncccc32)c1N1c2nccnc2N(C(C)C)C1C. The van der Waals surface area contributed by atoms with Crippen LogP contribution in [0, 0.1) is 27.7 Å². The molecule has 18 aromatic rings. The summed E-state index contributed by atoms with van der Waals surface area (Å²) in [6.45, 7) is 26.1. The summed E-state index contributed by atoms with van der Waals surface area (Å²) in [6, 6.07) is 67.0. The minimum atomic E-state index is 0.0303. The minimum absolute atomic E-state index is 0.0303. The first-order valence-electron chi connectivity index (χ1n) is 38.8. The number of aromatic nitrogens is 9. The fourth-order valence-electron chi connectivity index (χ4n) is 17.6. The maximum Gasteiger partial charge on any atom is 0.227 e. The van der Waals surface area contributed by atoms with Crippen LogP contribution in [0.5, 0.6) is 0 Å². The number of benzene rings is 6. The first-order valence-corrected chi connectivity index (χ1v) is 38.8. The lowest BCUT2D eigenvalue weighted by Crippen LogP contribution is -2.42. The summed E-state index contributed by atoms with van der Waals surface area (Å²) in [6.07, 6.45) is 16.4. The minimum Gasteiger partial charge on any atom is -0.435 e. The van der Waals surface area contributed by atoms with Gasteiger partial charge in [0.25, 0.3) is 0 Å². The van der Waals surface area contributed by atoms with Crippen molar-refractivity contribution in [2.75, 3.05) is 39.2 Å². The van der Waals surface area contributed by atoms with Crippen molar-refractivity contribution in [2.24, 2.45) is 0 Å². The second-order valence-electron chi connectivity index (χ2n) is 29.9. The van der Waals surface area contributed by atoms with E-state index in [9.17, 15) is 0 Å². The van der Waals surface area contributed by atoms with Crippen molar-refractivity contribution >= 4 is 169 Å². The molecule has 0 saturated heterocycles. The van der Waals surface area contributed by atoms with Crippen LogP contribution >= 0.6 is 0 Å². The number of rotatable bonds is 8. The molecule has 4 unspecified atom stereocenters. The van der Waals surface area contributed by atoms with Crippen LogP contribution in [0.3, 0.4) is 0 Å². The molecule has 0 bridgehead atoms. The van der Waals surface area contributed by atoms with Crippen LogP contribution in [0.15, 0.2) is 268 Å². The average molecular weight is 1500 g/mol. The molecule has 4 atom stereocenters. The number of hydrogen-bond donors (Lipinski definition) is 0. The molecule has 12 aromatic heterocycles. The molecular formula is C93H83N17O4. The fraction of sp³-hybridized carbons (Fsp3) is 0.194. The number of para-hydroxylation sites is 2. The Balaban J connectivity index is 0.000000102. The molecule has 4 aliphatic rings. The highest BCUT2D eigenvalue weighted by Gasteiger charge is 2.43. The summed E-state index contributed by atoms with van der Waals surface area (Å²) in [5.74, 6) is 4.67. The van der Waals surface area contributed by atoms with Gasteiger partial charge >= 0.3 is 0 Å². The predicted octanol–water partition coefficient (Wildman–Crippen LogP) is 22.8. The number of fused-ring (bicyclic) bond motifs is 16. The van der Waals surface area contributed by atoms with Gasteiger partial charge in [0.15, 0.2) is 51.4 Å². The summed E-state index contributed by atoms with van der Waals surface area (Å²) in [5.41, 5.74) is 20.4. The first-order chi connectivity index (χ1) is 55.6. The van der Waals surface area contributed by atoms with Gasteiger partial charge in [-0.3, -0.25) is 9.80 Å². The molecule has 0 spiro atoms. The standard InChI is InChI=1S/2C25H20N4O.C22H22N4O.C21H21N5O/c1-16-12-13-19-20-10-6-15-27-25(20)30-23(19)22(16)29-17(2)28(18-8-4-3-5-9-18)24-21(29)11-7-14-26-24;1-16-12-13-19-20-10-6-15-27-25(20)30-23(19)22(16)29-17(2)28(18-8-4-3-5-9-18)21-11-7-14-26-24(21)29;1-13(2)25-15(4)26(18-8-6-11-23-21(18)25)19-14(3)9-10-16-17-7-5-12-24-22(17)27-20(16)19;1-12(2)25-14(4)26(20-19(25)22-10-11-23-20)17-13(3)7-8-15-16-6-5-9-24-21(16)27-18(15)17/h2*3-15,17H,1-2H3;5-13,15H,1-4H3;5-12,14H,1-4H3. The van der Waals surface area contributed by atoms with Gasteiger partial charge in [-0.25, -0.2) is 44.9 Å². The van der Waals surface area contributed by atoms with E-state index in [0.29, 0.717) is 34.9 Å². The van der Waals surface area contributed by atoms with Crippen LogP contribution in [0.2, 0.25) is 0 Å². The number of anilines is 14. The molecule has 0 N–H and O–H groups in total. The molecular weight excluding hydrogens is 1420 g/mol. The Morgan fingerprint density at radius 2 is 0.535 bits per heavy atom. The van der Waals surface area contributed by atoms with E-state index < -0.39 is 0 Å². The molecule has 4 aliphatic heterocycles. The van der Waals surface area contributed by atoms with Crippen LogP contribution in [0.25, 0.3) is 88.3 Å². The summed E-state index contributed by atoms with van der Waals surface area (Å²) < 4.78 is 25.0. The highest BCUT2D eigenvalue weighted by atomic mass is 16.4. The summed E-state index contributed by atoms with van der Waals surface area (Å²) in [4.78, 5) is 59.6. The Morgan fingerprint density at radius 3 is 0.947 bits per heavy atom. The maximum absolute atomic E-state index is 6.29.